The molecular weight excluding hydrogens is 308 g/mol. The second-order valence-electron chi connectivity index (χ2n) is 5.40. The zero-order chi connectivity index (χ0) is 15.6. The highest BCUT2D eigenvalue weighted by Gasteiger charge is 2.20. The van der Waals surface area contributed by atoms with Gasteiger partial charge in [0.25, 0.3) is 0 Å². The van der Waals surface area contributed by atoms with Crippen LogP contribution in [0.5, 0.6) is 0 Å². The molecule has 2 aromatic carbocycles. The Hall–Kier alpha value is -2.59. The predicted molar refractivity (Wildman–Crippen MR) is 93.9 cm³/mol. The fraction of sp³-hybridized carbons (Fsp3) is 0.111. The van der Waals surface area contributed by atoms with Crippen LogP contribution in [0.3, 0.4) is 0 Å². The predicted octanol–water partition coefficient (Wildman–Crippen LogP) is 4.57. The number of anilines is 4. The largest absolute Gasteiger partial charge is 0.326 e. The van der Waals surface area contributed by atoms with E-state index in [0.29, 0.717) is 11.0 Å². The maximum atomic E-state index is 5.91. The molecule has 23 heavy (non-hydrogen) atoms. The van der Waals surface area contributed by atoms with Gasteiger partial charge in [0.05, 0.1) is 0 Å². The lowest BCUT2D eigenvalue weighted by Gasteiger charge is -2.18. The van der Waals surface area contributed by atoms with E-state index in [-0.39, 0.29) is 0 Å². The molecule has 1 aliphatic rings. The molecule has 0 radical (unpaired) electrons. The Kier molecular flexibility index (Phi) is 3.60. The highest BCUT2D eigenvalue weighted by molar-refractivity contribution is 6.30. The summed E-state index contributed by atoms with van der Waals surface area (Å²) in [6.45, 7) is 0.941. The number of rotatable bonds is 3. The van der Waals surface area contributed by atoms with Crippen LogP contribution in [0, 0.1) is 0 Å². The van der Waals surface area contributed by atoms with E-state index in [0.717, 1.165) is 24.5 Å². The van der Waals surface area contributed by atoms with E-state index < -0.39 is 0 Å². The van der Waals surface area contributed by atoms with E-state index in [1.807, 2.05) is 30.3 Å². The molecule has 4 rings (SSSR count). The second kappa shape index (κ2) is 5.89. The molecule has 0 spiro atoms. The van der Waals surface area contributed by atoms with Gasteiger partial charge in [0.2, 0.25) is 5.95 Å². The first kappa shape index (κ1) is 14.0. The van der Waals surface area contributed by atoms with Gasteiger partial charge < -0.3 is 10.2 Å². The topological polar surface area (TPSA) is 41.1 Å². The molecule has 0 bridgehead atoms. The third-order valence-corrected chi connectivity index (χ3v) is 4.16. The number of fused-ring (bicyclic) bond motifs is 1. The molecule has 1 N–H and O–H groups in total. The summed E-state index contributed by atoms with van der Waals surface area (Å²) in [5, 5.41) is 3.92. The molecule has 0 atom stereocenters. The van der Waals surface area contributed by atoms with Gasteiger partial charge in [-0.15, -0.1) is 0 Å². The minimum Gasteiger partial charge on any atom is -0.326 e. The monoisotopic (exact) mass is 322 g/mol. The minimum absolute atomic E-state index is 0.578. The Labute approximate surface area is 139 Å². The van der Waals surface area contributed by atoms with Gasteiger partial charge in [-0.1, -0.05) is 29.8 Å². The third-order valence-electron chi connectivity index (χ3n) is 3.90. The van der Waals surface area contributed by atoms with E-state index in [1.165, 1.54) is 11.3 Å². The number of nitrogens with zero attached hydrogens (tertiary/aromatic N) is 3. The van der Waals surface area contributed by atoms with Gasteiger partial charge in [0.15, 0.2) is 0 Å². The molecule has 0 amide bonds. The summed E-state index contributed by atoms with van der Waals surface area (Å²) >= 11 is 5.91. The van der Waals surface area contributed by atoms with Crippen LogP contribution in [-0.2, 0) is 6.42 Å². The average molecular weight is 323 g/mol. The fourth-order valence-electron chi connectivity index (χ4n) is 2.80. The first-order valence-electron chi connectivity index (χ1n) is 7.51. The molecule has 5 heteroatoms. The van der Waals surface area contributed by atoms with Crippen LogP contribution in [0.2, 0.25) is 5.02 Å². The summed E-state index contributed by atoms with van der Waals surface area (Å²) in [6.07, 6.45) is 2.82. The molecule has 114 valence electrons. The summed E-state index contributed by atoms with van der Waals surface area (Å²) in [7, 11) is 0. The van der Waals surface area contributed by atoms with E-state index in [4.69, 9.17) is 11.6 Å². The maximum Gasteiger partial charge on any atom is 0.229 e. The number of hydrogen-bond acceptors (Lipinski definition) is 4. The number of hydrogen-bond donors (Lipinski definition) is 1. The zero-order valence-corrected chi connectivity index (χ0v) is 13.2. The Morgan fingerprint density at radius 3 is 2.70 bits per heavy atom. The van der Waals surface area contributed by atoms with Crippen LogP contribution in [0.25, 0.3) is 0 Å². The van der Waals surface area contributed by atoms with Crippen molar-refractivity contribution in [1.82, 2.24) is 9.97 Å². The Morgan fingerprint density at radius 2 is 1.83 bits per heavy atom. The lowest BCUT2D eigenvalue weighted by Crippen LogP contribution is -2.15. The normalized spacial score (nSPS) is 13.0. The minimum atomic E-state index is 0.578. The van der Waals surface area contributed by atoms with Gasteiger partial charge in [-0.3, -0.25) is 0 Å². The molecule has 2 heterocycles. The maximum absolute atomic E-state index is 5.91. The fourth-order valence-corrected chi connectivity index (χ4v) is 2.92. The second-order valence-corrected chi connectivity index (χ2v) is 5.84. The van der Waals surface area contributed by atoms with Crippen molar-refractivity contribution in [2.75, 3.05) is 16.8 Å². The van der Waals surface area contributed by atoms with Crippen LogP contribution in [-0.4, -0.2) is 16.5 Å². The molecule has 0 fully saturated rings. The van der Waals surface area contributed by atoms with Crippen molar-refractivity contribution >= 4 is 34.7 Å². The highest BCUT2D eigenvalue weighted by atomic mass is 35.5. The Balaban J connectivity index is 1.61. The van der Waals surface area contributed by atoms with E-state index in [9.17, 15) is 0 Å². The van der Waals surface area contributed by atoms with E-state index in [2.05, 4.69) is 44.5 Å². The number of benzene rings is 2. The summed E-state index contributed by atoms with van der Waals surface area (Å²) < 4.78 is 0. The molecule has 1 aromatic heterocycles. The van der Waals surface area contributed by atoms with Crippen molar-refractivity contribution in [2.45, 2.75) is 6.42 Å². The lowest BCUT2D eigenvalue weighted by molar-refractivity contribution is 0.966. The molecule has 0 saturated heterocycles. The molecule has 0 aliphatic carbocycles. The van der Waals surface area contributed by atoms with Crippen LogP contribution < -0.4 is 10.2 Å². The Bertz CT molecular complexity index is 832. The lowest BCUT2D eigenvalue weighted by atomic mass is 10.2. The van der Waals surface area contributed by atoms with Crippen LogP contribution in [0.15, 0.2) is 60.8 Å². The molecule has 0 unspecified atom stereocenters. The van der Waals surface area contributed by atoms with Gasteiger partial charge in [0.1, 0.15) is 5.82 Å². The van der Waals surface area contributed by atoms with Crippen LogP contribution in [0.4, 0.5) is 23.1 Å². The van der Waals surface area contributed by atoms with Crippen molar-refractivity contribution in [1.29, 1.82) is 0 Å². The van der Waals surface area contributed by atoms with Crippen molar-refractivity contribution in [2.24, 2.45) is 0 Å². The van der Waals surface area contributed by atoms with Gasteiger partial charge in [0, 0.05) is 29.1 Å². The number of nitrogens with one attached hydrogen (secondary N) is 1. The van der Waals surface area contributed by atoms with Gasteiger partial charge in [-0.2, -0.15) is 4.98 Å². The van der Waals surface area contributed by atoms with Crippen molar-refractivity contribution in [3.63, 3.8) is 0 Å². The first-order chi connectivity index (χ1) is 11.3. The number of para-hydroxylation sites is 1. The molecule has 3 aromatic rings. The van der Waals surface area contributed by atoms with Crippen LogP contribution in [0.1, 0.15) is 5.56 Å². The summed E-state index contributed by atoms with van der Waals surface area (Å²) in [5.41, 5.74) is 3.50. The van der Waals surface area contributed by atoms with Crippen LogP contribution >= 0.6 is 11.6 Å². The number of aromatic nitrogens is 2. The summed E-state index contributed by atoms with van der Waals surface area (Å²) in [5.74, 6) is 1.48. The third kappa shape index (κ3) is 2.85. The van der Waals surface area contributed by atoms with Crippen molar-refractivity contribution < 1.29 is 0 Å². The summed E-state index contributed by atoms with van der Waals surface area (Å²) in [4.78, 5) is 11.2. The first-order valence-corrected chi connectivity index (χ1v) is 7.88. The molecule has 0 saturated carbocycles. The van der Waals surface area contributed by atoms with Crippen molar-refractivity contribution in [3.8, 4) is 0 Å². The molecular formula is C18H15ClN4. The number of halogens is 1. The van der Waals surface area contributed by atoms with Crippen molar-refractivity contribution in [3.05, 3.63) is 71.4 Å². The quantitative estimate of drug-likeness (QED) is 0.767. The van der Waals surface area contributed by atoms with Gasteiger partial charge in [-0.25, -0.2) is 4.98 Å². The van der Waals surface area contributed by atoms with E-state index >= 15 is 0 Å². The standard InChI is InChI=1S/C18H15ClN4/c19-14-5-7-15(8-6-14)21-18-20-11-9-17(22-18)23-12-10-13-3-1-2-4-16(13)23/h1-9,11H,10,12H2,(H,20,21,22). The highest BCUT2D eigenvalue weighted by Crippen LogP contribution is 2.33. The Morgan fingerprint density at radius 1 is 1.00 bits per heavy atom. The smallest absolute Gasteiger partial charge is 0.229 e. The SMILES string of the molecule is Clc1ccc(Nc2nccc(N3CCc4ccccc43)n2)cc1. The van der Waals surface area contributed by atoms with Gasteiger partial charge >= 0.3 is 0 Å². The zero-order valence-electron chi connectivity index (χ0n) is 12.4. The molecule has 4 nitrogen and oxygen atoms in total. The average Bonchev–Trinajstić information content (AvgIpc) is 3.01. The molecule has 1 aliphatic heterocycles. The van der Waals surface area contributed by atoms with E-state index in [1.54, 1.807) is 6.20 Å². The summed E-state index contributed by atoms with van der Waals surface area (Å²) in [6, 6.07) is 17.9. The van der Waals surface area contributed by atoms with Gasteiger partial charge in [-0.05, 0) is 48.4 Å².